The molecule has 98 valence electrons. The first-order valence-corrected chi connectivity index (χ1v) is 6.70. The zero-order valence-electron chi connectivity index (χ0n) is 11.4. The van der Waals surface area contributed by atoms with E-state index in [1.54, 1.807) is 0 Å². The van der Waals surface area contributed by atoms with Gasteiger partial charge in [-0.3, -0.25) is 4.79 Å². The zero-order valence-corrected chi connectivity index (χ0v) is 11.4. The molecule has 3 heteroatoms. The smallest absolute Gasteiger partial charge is 0.227 e. The molecule has 0 saturated heterocycles. The van der Waals surface area contributed by atoms with Gasteiger partial charge in [0, 0.05) is 17.6 Å². The van der Waals surface area contributed by atoms with Gasteiger partial charge in [-0.05, 0) is 44.4 Å². The Morgan fingerprint density at radius 2 is 1.94 bits per heavy atom. The highest BCUT2D eigenvalue weighted by Gasteiger charge is 2.32. The Labute approximate surface area is 109 Å². The maximum atomic E-state index is 12.1. The second-order valence-corrected chi connectivity index (χ2v) is 5.21. The van der Waals surface area contributed by atoms with Crippen molar-refractivity contribution in [2.24, 2.45) is 11.8 Å². The first-order valence-electron chi connectivity index (χ1n) is 6.70. The molecule has 1 saturated carbocycles. The van der Waals surface area contributed by atoms with Crippen LogP contribution in [0.1, 0.15) is 38.3 Å². The molecule has 1 aliphatic rings. The molecule has 0 spiro atoms. The number of para-hydroxylation sites is 1. The molecular weight excluding hydrogens is 224 g/mol. The molecule has 0 radical (unpaired) electrons. The van der Waals surface area contributed by atoms with Gasteiger partial charge in [-0.2, -0.15) is 0 Å². The van der Waals surface area contributed by atoms with Crippen LogP contribution in [-0.2, 0) is 4.79 Å². The molecule has 1 fully saturated rings. The third-order valence-electron chi connectivity index (χ3n) is 3.86. The number of carbonyl (C=O) groups excluding carboxylic acids is 1. The van der Waals surface area contributed by atoms with Crippen LogP contribution in [-0.4, -0.2) is 13.0 Å². The summed E-state index contributed by atoms with van der Waals surface area (Å²) in [4.78, 5) is 12.1. The molecule has 18 heavy (non-hydrogen) atoms. The molecule has 1 aromatic rings. The number of benzene rings is 1. The van der Waals surface area contributed by atoms with E-state index < -0.39 is 0 Å². The number of hydrogen-bond acceptors (Lipinski definition) is 2. The quantitative estimate of drug-likeness (QED) is 0.838. The van der Waals surface area contributed by atoms with Gasteiger partial charge in [-0.15, -0.1) is 0 Å². The number of anilines is 1. The summed E-state index contributed by atoms with van der Waals surface area (Å²) in [5, 5.41) is 6.28. The Hall–Kier alpha value is -1.35. The number of rotatable bonds is 5. The Morgan fingerprint density at radius 1 is 1.28 bits per heavy atom. The first-order chi connectivity index (χ1) is 8.63. The minimum Gasteiger partial charge on any atom is -0.326 e. The van der Waals surface area contributed by atoms with Crippen molar-refractivity contribution in [3.05, 3.63) is 29.8 Å². The van der Waals surface area contributed by atoms with Crippen molar-refractivity contribution in [3.63, 3.8) is 0 Å². The molecule has 0 aliphatic heterocycles. The van der Waals surface area contributed by atoms with Crippen LogP contribution in [0, 0.1) is 11.8 Å². The topological polar surface area (TPSA) is 41.1 Å². The highest BCUT2D eigenvalue weighted by Crippen LogP contribution is 2.37. The van der Waals surface area contributed by atoms with Crippen molar-refractivity contribution in [1.82, 2.24) is 5.32 Å². The van der Waals surface area contributed by atoms with E-state index in [2.05, 4.69) is 23.6 Å². The van der Waals surface area contributed by atoms with Gasteiger partial charge in [-0.1, -0.05) is 25.1 Å². The van der Waals surface area contributed by atoms with Gasteiger partial charge >= 0.3 is 0 Å². The average Bonchev–Trinajstić information content (AvgIpc) is 3.22. The van der Waals surface area contributed by atoms with Crippen LogP contribution in [0.25, 0.3) is 0 Å². The van der Waals surface area contributed by atoms with Crippen molar-refractivity contribution in [2.45, 2.75) is 32.7 Å². The maximum Gasteiger partial charge on any atom is 0.227 e. The summed E-state index contributed by atoms with van der Waals surface area (Å²) in [5.41, 5.74) is 2.06. The third-order valence-corrected chi connectivity index (χ3v) is 3.86. The van der Waals surface area contributed by atoms with Gasteiger partial charge in [0.25, 0.3) is 0 Å². The summed E-state index contributed by atoms with van der Waals surface area (Å²) in [6, 6.07) is 8.23. The van der Waals surface area contributed by atoms with Crippen LogP contribution < -0.4 is 10.6 Å². The second kappa shape index (κ2) is 5.53. The predicted octanol–water partition coefficient (Wildman–Crippen LogP) is 2.95. The summed E-state index contributed by atoms with van der Waals surface area (Å²) in [6.45, 7) is 4.12. The largest absolute Gasteiger partial charge is 0.326 e. The Balaban J connectivity index is 2.10. The van der Waals surface area contributed by atoms with Crippen LogP contribution in [0.3, 0.4) is 0 Å². The molecule has 0 bridgehead atoms. The fourth-order valence-electron chi connectivity index (χ4n) is 2.20. The maximum absolute atomic E-state index is 12.1. The highest BCUT2D eigenvalue weighted by atomic mass is 16.1. The molecule has 3 nitrogen and oxygen atoms in total. The summed E-state index contributed by atoms with van der Waals surface area (Å²) in [5.74, 6) is 0.870. The van der Waals surface area contributed by atoms with Crippen molar-refractivity contribution in [3.8, 4) is 0 Å². The minimum atomic E-state index is 0.128. The molecule has 2 N–H and O–H groups in total. The van der Waals surface area contributed by atoms with Crippen molar-refractivity contribution in [2.75, 3.05) is 12.4 Å². The van der Waals surface area contributed by atoms with Gasteiger partial charge in [-0.25, -0.2) is 0 Å². The molecule has 1 amide bonds. The summed E-state index contributed by atoms with van der Waals surface area (Å²) < 4.78 is 0. The Bertz CT molecular complexity index is 426. The number of nitrogens with one attached hydrogen (secondary N) is 2. The number of hydrogen-bond donors (Lipinski definition) is 2. The lowest BCUT2D eigenvalue weighted by molar-refractivity contribution is -0.119. The van der Waals surface area contributed by atoms with Crippen LogP contribution in [0.2, 0.25) is 0 Å². The van der Waals surface area contributed by atoms with E-state index in [-0.39, 0.29) is 17.9 Å². The van der Waals surface area contributed by atoms with E-state index in [0.717, 1.165) is 11.3 Å². The van der Waals surface area contributed by atoms with E-state index in [1.807, 2.05) is 32.2 Å². The molecule has 2 unspecified atom stereocenters. The highest BCUT2D eigenvalue weighted by molar-refractivity contribution is 5.93. The van der Waals surface area contributed by atoms with Crippen LogP contribution >= 0.6 is 0 Å². The van der Waals surface area contributed by atoms with Crippen LogP contribution in [0.4, 0.5) is 5.69 Å². The second-order valence-electron chi connectivity index (χ2n) is 5.21. The fraction of sp³-hybridized carbons (Fsp3) is 0.533. The summed E-state index contributed by atoms with van der Waals surface area (Å²) in [6.07, 6.45) is 2.40. The summed E-state index contributed by atoms with van der Waals surface area (Å²) in [7, 11) is 1.93. The zero-order chi connectivity index (χ0) is 13.1. The normalized spacial score (nSPS) is 18.2. The lowest BCUT2D eigenvalue weighted by Gasteiger charge is -2.18. The van der Waals surface area contributed by atoms with Crippen LogP contribution in [0.15, 0.2) is 24.3 Å². The first kappa shape index (κ1) is 13.1. The van der Waals surface area contributed by atoms with Crippen molar-refractivity contribution in [1.29, 1.82) is 0 Å². The molecule has 0 heterocycles. The monoisotopic (exact) mass is 246 g/mol. The van der Waals surface area contributed by atoms with Crippen molar-refractivity contribution < 1.29 is 4.79 Å². The standard InChI is InChI=1S/C15H22N2O/c1-10(12-8-9-12)15(18)17-14-7-5-4-6-13(14)11(2)16-3/h4-7,10-12,16H,8-9H2,1-3H3,(H,17,18). The van der Waals surface area contributed by atoms with Gasteiger partial charge in [0.05, 0.1) is 0 Å². The SMILES string of the molecule is CNC(C)c1ccccc1NC(=O)C(C)C1CC1. The minimum absolute atomic E-state index is 0.128. The lowest BCUT2D eigenvalue weighted by atomic mass is 10.0. The lowest BCUT2D eigenvalue weighted by Crippen LogP contribution is -2.23. The van der Waals surface area contributed by atoms with Gasteiger partial charge in [0.15, 0.2) is 0 Å². The molecule has 2 rings (SSSR count). The molecule has 1 aromatic carbocycles. The van der Waals surface area contributed by atoms with Gasteiger partial charge in [0.2, 0.25) is 5.91 Å². The molecule has 0 aromatic heterocycles. The molecular formula is C15H22N2O. The average molecular weight is 246 g/mol. The third kappa shape index (κ3) is 2.91. The van der Waals surface area contributed by atoms with E-state index in [9.17, 15) is 4.79 Å². The Kier molecular flexibility index (Phi) is 4.02. The van der Waals surface area contributed by atoms with Crippen LogP contribution in [0.5, 0.6) is 0 Å². The number of carbonyl (C=O) groups is 1. The van der Waals surface area contributed by atoms with Crippen molar-refractivity contribution >= 4 is 11.6 Å². The van der Waals surface area contributed by atoms with E-state index >= 15 is 0 Å². The van der Waals surface area contributed by atoms with E-state index in [0.29, 0.717) is 5.92 Å². The van der Waals surface area contributed by atoms with E-state index in [1.165, 1.54) is 12.8 Å². The van der Waals surface area contributed by atoms with Gasteiger partial charge < -0.3 is 10.6 Å². The summed E-state index contributed by atoms with van der Waals surface area (Å²) >= 11 is 0. The predicted molar refractivity (Wildman–Crippen MR) is 74.4 cm³/mol. The molecule has 2 atom stereocenters. The fourth-order valence-corrected chi connectivity index (χ4v) is 2.20. The van der Waals surface area contributed by atoms with Gasteiger partial charge in [0.1, 0.15) is 0 Å². The van der Waals surface area contributed by atoms with E-state index in [4.69, 9.17) is 0 Å². The number of amides is 1. The molecule has 1 aliphatic carbocycles. The Morgan fingerprint density at radius 3 is 2.56 bits per heavy atom.